The van der Waals surface area contributed by atoms with Gasteiger partial charge < -0.3 is 35.7 Å². The summed E-state index contributed by atoms with van der Waals surface area (Å²) >= 11 is 0. The first-order chi connectivity index (χ1) is 19.3. The summed E-state index contributed by atoms with van der Waals surface area (Å²) in [6.07, 6.45) is 4.96. The Morgan fingerprint density at radius 2 is 1.85 bits per heavy atom. The van der Waals surface area contributed by atoms with Crippen LogP contribution in [0.25, 0.3) is 0 Å². The van der Waals surface area contributed by atoms with E-state index in [0.29, 0.717) is 18.6 Å². The van der Waals surface area contributed by atoms with E-state index in [0.717, 1.165) is 19.3 Å². The molecule has 1 aliphatic carbocycles. The number of furan rings is 1. The van der Waals surface area contributed by atoms with E-state index in [1.54, 1.807) is 32.9 Å². The van der Waals surface area contributed by atoms with Crippen LogP contribution in [0.4, 0.5) is 4.79 Å². The molecule has 5 amide bonds. The van der Waals surface area contributed by atoms with Crippen LogP contribution in [-0.4, -0.2) is 71.6 Å². The van der Waals surface area contributed by atoms with Crippen molar-refractivity contribution < 1.29 is 37.9 Å². The molecule has 1 aromatic heterocycles. The van der Waals surface area contributed by atoms with Gasteiger partial charge in [-0.15, -0.1) is 0 Å². The lowest BCUT2D eigenvalue weighted by atomic mass is 9.80. The second kappa shape index (κ2) is 13.6. The normalized spacial score (nSPS) is 20.3. The number of primary amides is 1. The molecular formula is C28H41N5O8. The number of ketones is 1. The lowest BCUT2D eigenvalue weighted by Gasteiger charge is -2.36. The molecule has 2 aliphatic rings. The summed E-state index contributed by atoms with van der Waals surface area (Å²) < 4.78 is 10.1. The molecule has 226 valence electrons. The van der Waals surface area contributed by atoms with Crippen LogP contribution in [0.2, 0.25) is 0 Å². The van der Waals surface area contributed by atoms with Gasteiger partial charge >= 0.3 is 12.0 Å². The smallest absolute Gasteiger partial charge is 0.325 e. The molecule has 13 heteroatoms. The van der Waals surface area contributed by atoms with Crippen LogP contribution >= 0.6 is 0 Å². The highest BCUT2D eigenvalue weighted by molar-refractivity contribution is 6.37. The van der Waals surface area contributed by atoms with Crippen LogP contribution in [0.5, 0.6) is 0 Å². The third-order valence-corrected chi connectivity index (χ3v) is 7.50. The van der Waals surface area contributed by atoms with E-state index in [1.807, 2.05) is 6.92 Å². The minimum atomic E-state index is -1.12. The summed E-state index contributed by atoms with van der Waals surface area (Å²) in [6, 6.07) is -0.443. The Labute approximate surface area is 239 Å². The first-order valence-electron chi connectivity index (χ1n) is 13.9. The number of nitrogens with zero attached hydrogens (tertiary/aromatic N) is 1. The highest BCUT2D eigenvalue weighted by Crippen LogP contribution is 2.32. The van der Waals surface area contributed by atoms with Crippen LogP contribution in [0, 0.1) is 17.3 Å². The predicted molar refractivity (Wildman–Crippen MR) is 146 cm³/mol. The number of likely N-dealkylation sites (tertiary alicyclic amines) is 1. The summed E-state index contributed by atoms with van der Waals surface area (Å²) in [4.78, 5) is 77.3. The molecule has 0 bridgehead atoms. The third kappa shape index (κ3) is 8.79. The van der Waals surface area contributed by atoms with Crippen molar-refractivity contribution in [1.29, 1.82) is 0 Å². The van der Waals surface area contributed by atoms with Gasteiger partial charge in [0.15, 0.2) is 0 Å². The summed E-state index contributed by atoms with van der Waals surface area (Å²) in [5, 5.41) is 7.71. The van der Waals surface area contributed by atoms with E-state index in [4.69, 9.17) is 14.9 Å². The number of hydrogen-bond acceptors (Lipinski definition) is 8. The molecule has 2 fully saturated rings. The van der Waals surface area contributed by atoms with Gasteiger partial charge in [-0.1, -0.05) is 47.0 Å². The SMILES string of the molecule is C[C@@H]1CC(C(=O)NC(CC2CCC2)C(=O)C(N)=O)N(C(=O)C(NC(=O)NCC(=O)OCc2ccco2)C(C)(C)C)C1. The van der Waals surface area contributed by atoms with Crippen LogP contribution in [-0.2, 0) is 35.3 Å². The molecule has 0 radical (unpaired) electrons. The quantitative estimate of drug-likeness (QED) is 0.210. The topological polar surface area (TPSA) is 190 Å². The number of amides is 5. The van der Waals surface area contributed by atoms with Crippen molar-refractivity contribution in [2.24, 2.45) is 23.0 Å². The lowest BCUT2D eigenvalue weighted by molar-refractivity contribution is -0.144. The first-order valence-corrected chi connectivity index (χ1v) is 13.9. The van der Waals surface area contributed by atoms with E-state index < -0.39 is 65.6 Å². The van der Waals surface area contributed by atoms with Gasteiger partial charge in [-0.25, -0.2) is 4.79 Å². The molecule has 1 saturated carbocycles. The van der Waals surface area contributed by atoms with Gasteiger partial charge in [-0.2, -0.15) is 0 Å². The van der Waals surface area contributed by atoms with Crippen molar-refractivity contribution in [2.45, 2.75) is 84.5 Å². The minimum absolute atomic E-state index is 0.0231. The maximum Gasteiger partial charge on any atom is 0.325 e. The molecule has 0 aromatic carbocycles. The Morgan fingerprint density at radius 3 is 2.41 bits per heavy atom. The second-order valence-electron chi connectivity index (χ2n) is 12.0. The Balaban J connectivity index is 1.64. The number of Topliss-reactive ketones (excluding diaryl/α,β-unsaturated/α-hetero) is 1. The average Bonchev–Trinajstić information content (AvgIpc) is 3.54. The predicted octanol–water partition coefficient (Wildman–Crippen LogP) is 1.00. The molecule has 3 rings (SSSR count). The number of nitrogens with one attached hydrogen (secondary N) is 3. The van der Waals surface area contributed by atoms with E-state index in [2.05, 4.69) is 16.0 Å². The highest BCUT2D eigenvalue weighted by Gasteiger charge is 2.45. The highest BCUT2D eigenvalue weighted by atomic mass is 16.5. The van der Waals surface area contributed by atoms with Crippen molar-refractivity contribution >= 4 is 35.5 Å². The number of esters is 1. The van der Waals surface area contributed by atoms with E-state index >= 15 is 0 Å². The van der Waals surface area contributed by atoms with E-state index in [9.17, 15) is 28.8 Å². The van der Waals surface area contributed by atoms with Gasteiger partial charge in [-0.05, 0) is 42.2 Å². The summed E-state index contributed by atoms with van der Waals surface area (Å²) in [5.41, 5.74) is 4.48. The molecule has 1 aliphatic heterocycles. The average molecular weight is 576 g/mol. The Bertz CT molecular complexity index is 1130. The molecule has 5 N–H and O–H groups in total. The number of nitrogens with two attached hydrogens (primary N) is 1. The van der Waals surface area contributed by atoms with Crippen LogP contribution in [0.3, 0.4) is 0 Å². The molecule has 4 atom stereocenters. The standard InChI is InChI=1S/C28H41N5O8/c1-16-11-20(25(37)31-19(22(35)24(29)36)12-17-7-5-8-17)33(14-16)26(38)23(28(2,3)4)32-27(39)30-13-21(34)41-15-18-9-6-10-40-18/h6,9-10,16-17,19-20,23H,5,7-8,11-15H2,1-4H3,(H2,29,36)(H,31,37)(H2,30,32,39)/t16-,19?,20?,23?/m1/s1. The largest absolute Gasteiger partial charge is 0.466 e. The van der Waals surface area contributed by atoms with Gasteiger partial charge in [0.1, 0.15) is 31.0 Å². The molecule has 2 heterocycles. The lowest BCUT2D eigenvalue weighted by Crippen LogP contribution is -2.60. The zero-order valence-corrected chi connectivity index (χ0v) is 24.1. The Hall–Kier alpha value is -3.90. The number of carbonyl (C=O) groups is 6. The number of carbonyl (C=O) groups excluding carboxylic acids is 6. The third-order valence-electron chi connectivity index (χ3n) is 7.50. The monoisotopic (exact) mass is 575 g/mol. The minimum Gasteiger partial charge on any atom is -0.466 e. The number of ether oxygens (including phenoxy) is 1. The van der Waals surface area contributed by atoms with Gasteiger partial charge in [0.05, 0.1) is 12.3 Å². The van der Waals surface area contributed by atoms with Gasteiger partial charge in [-0.3, -0.25) is 24.0 Å². The summed E-state index contributed by atoms with van der Waals surface area (Å²) in [5.74, 6) is -3.04. The van der Waals surface area contributed by atoms with Gasteiger partial charge in [0, 0.05) is 6.54 Å². The molecule has 0 spiro atoms. The van der Waals surface area contributed by atoms with Crippen LogP contribution < -0.4 is 21.7 Å². The van der Waals surface area contributed by atoms with E-state index in [1.165, 1.54) is 11.2 Å². The number of hydrogen-bond donors (Lipinski definition) is 4. The van der Waals surface area contributed by atoms with Crippen molar-refractivity contribution in [3.8, 4) is 0 Å². The fourth-order valence-electron chi connectivity index (χ4n) is 5.02. The molecule has 1 aromatic rings. The summed E-state index contributed by atoms with van der Waals surface area (Å²) in [6.45, 7) is 6.95. The van der Waals surface area contributed by atoms with Crippen LogP contribution in [0.15, 0.2) is 22.8 Å². The van der Waals surface area contributed by atoms with Crippen molar-refractivity contribution in [1.82, 2.24) is 20.9 Å². The maximum absolute atomic E-state index is 13.8. The number of rotatable bonds is 12. The van der Waals surface area contributed by atoms with Crippen molar-refractivity contribution in [2.75, 3.05) is 13.1 Å². The molecule has 3 unspecified atom stereocenters. The molecule has 41 heavy (non-hydrogen) atoms. The van der Waals surface area contributed by atoms with Crippen LogP contribution in [0.1, 0.15) is 65.6 Å². The Kier molecular flexibility index (Phi) is 10.5. The Morgan fingerprint density at radius 1 is 1.15 bits per heavy atom. The van der Waals surface area contributed by atoms with E-state index in [-0.39, 0.29) is 25.0 Å². The van der Waals surface area contributed by atoms with Crippen molar-refractivity contribution in [3.05, 3.63) is 24.2 Å². The zero-order valence-electron chi connectivity index (χ0n) is 24.1. The molecule has 1 saturated heterocycles. The van der Waals surface area contributed by atoms with Crippen molar-refractivity contribution in [3.63, 3.8) is 0 Å². The zero-order chi connectivity index (χ0) is 30.3. The molecular weight excluding hydrogens is 534 g/mol. The fourth-order valence-corrected chi connectivity index (χ4v) is 5.02. The first kappa shape index (κ1) is 31.6. The maximum atomic E-state index is 13.8. The second-order valence-corrected chi connectivity index (χ2v) is 12.0. The van der Waals surface area contributed by atoms with Gasteiger partial charge in [0.2, 0.25) is 17.6 Å². The summed E-state index contributed by atoms with van der Waals surface area (Å²) in [7, 11) is 0. The fraction of sp³-hybridized carbons (Fsp3) is 0.643. The van der Waals surface area contributed by atoms with Gasteiger partial charge in [0.25, 0.3) is 5.91 Å². The molecule has 13 nitrogen and oxygen atoms in total. The number of urea groups is 1.